The van der Waals surface area contributed by atoms with E-state index in [1.807, 2.05) is 28.0 Å². The molecule has 2 aliphatic heterocycles. The van der Waals surface area contributed by atoms with Gasteiger partial charge >= 0.3 is 5.97 Å². The first-order valence-electron chi connectivity index (χ1n) is 10.9. The molecule has 1 atom stereocenters. The largest absolute Gasteiger partial charge is 0.481 e. The molecule has 1 fully saturated rings. The molecule has 2 aromatic rings. The first kappa shape index (κ1) is 22.5. The van der Waals surface area contributed by atoms with Crippen LogP contribution < -0.4 is 4.90 Å². The Morgan fingerprint density at radius 2 is 2.00 bits per heavy atom. The molecule has 170 valence electrons. The summed E-state index contributed by atoms with van der Waals surface area (Å²) in [6.45, 7) is 3.48. The maximum absolute atomic E-state index is 13.2. The van der Waals surface area contributed by atoms with Crippen LogP contribution in [0, 0.1) is 11.8 Å². The number of hydrogen-bond acceptors (Lipinski definition) is 7. The maximum Gasteiger partial charge on any atom is 0.306 e. The number of hydrogen-bond donors (Lipinski definition) is 1. The predicted molar refractivity (Wildman–Crippen MR) is 121 cm³/mol. The number of carbonyl (C=O) groups is 2. The maximum atomic E-state index is 13.2. The van der Waals surface area contributed by atoms with Crippen LogP contribution in [0.4, 0.5) is 11.5 Å². The van der Waals surface area contributed by atoms with E-state index < -0.39 is 5.97 Å². The zero-order valence-electron chi connectivity index (χ0n) is 18.4. The number of rotatable bonds is 7. The number of carboxylic acids is 1. The van der Waals surface area contributed by atoms with Gasteiger partial charge in [0.2, 0.25) is 0 Å². The zero-order valence-corrected chi connectivity index (χ0v) is 19.2. The van der Waals surface area contributed by atoms with Crippen LogP contribution in [0.1, 0.15) is 43.0 Å². The first-order valence-corrected chi connectivity index (χ1v) is 11.7. The van der Waals surface area contributed by atoms with Crippen molar-refractivity contribution in [3.05, 3.63) is 36.2 Å². The topological polar surface area (TPSA) is 95.9 Å². The smallest absolute Gasteiger partial charge is 0.306 e. The number of aliphatic carboxylic acids is 1. The molecule has 1 aromatic heterocycles. The molecule has 9 heteroatoms. The van der Waals surface area contributed by atoms with Crippen LogP contribution in [0.5, 0.6) is 0 Å². The molecule has 0 saturated carbocycles. The predicted octanol–water partition coefficient (Wildman–Crippen LogP) is 4.04. The van der Waals surface area contributed by atoms with E-state index in [0.717, 1.165) is 40.7 Å². The Balaban J connectivity index is 1.44. The van der Waals surface area contributed by atoms with Gasteiger partial charge in [0.25, 0.3) is 5.91 Å². The minimum atomic E-state index is -0.737. The summed E-state index contributed by atoms with van der Waals surface area (Å²) in [5.74, 6) is 0.186. The van der Waals surface area contributed by atoms with Crippen LogP contribution in [0.15, 0.2) is 40.5 Å². The Morgan fingerprint density at radius 3 is 2.72 bits per heavy atom. The van der Waals surface area contributed by atoms with E-state index >= 15 is 0 Å². The molecule has 1 aromatic carbocycles. The number of aromatic nitrogens is 2. The highest BCUT2D eigenvalue weighted by atomic mass is 32.2. The van der Waals surface area contributed by atoms with Crippen LogP contribution in [0.25, 0.3) is 0 Å². The van der Waals surface area contributed by atoms with Crippen molar-refractivity contribution in [3.63, 3.8) is 0 Å². The Hall–Kier alpha value is -2.65. The highest BCUT2D eigenvalue weighted by Gasteiger charge is 2.29. The third kappa shape index (κ3) is 4.73. The van der Waals surface area contributed by atoms with Crippen molar-refractivity contribution in [2.24, 2.45) is 11.8 Å². The molecule has 0 aliphatic carbocycles. The minimum absolute atomic E-state index is 0.0254. The number of carboxylic acid groups (broad SMARTS) is 1. The lowest BCUT2D eigenvalue weighted by molar-refractivity contribution is -0.141. The molecule has 0 bridgehead atoms. The number of amides is 1. The van der Waals surface area contributed by atoms with Crippen LogP contribution in [-0.4, -0.2) is 58.8 Å². The lowest BCUT2D eigenvalue weighted by Gasteiger charge is -2.33. The Kier molecular flexibility index (Phi) is 6.95. The van der Waals surface area contributed by atoms with Gasteiger partial charge in [0.05, 0.1) is 11.6 Å². The van der Waals surface area contributed by atoms with E-state index in [0.29, 0.717) is 37.7 Å². The summed E-state index contributed by atoms with van der Waals surface area (Å²) < 4.78 is 5.39. The number of nitrogens with zero attached hydrogens (tertiary/aromatic N) is 4. The molecular formula is C23H28N4O4S. The average Bonchev–Trinajstić information content (AvgIpc) is 2.82. The molecule has 4 rings (SSSR count). The van der Waals surface area contributed by atoms with Crippen LogP contribution >= 0.6 is 11.8 Å². The lowest BCUT2D eigenvalue weighted by atomic mass is 9.89. The van der Waals surface area contributed by atoms with Crippen molar-refractivity contribution in [1.82, 2.24) is 14.9 Å². The number of fused-ring (bicyclic) bond motifs is 2. The van der Waals surface area contributed by atoms with Crippen LogP contribution in [0.2, 0.25) is 0 Å². The quantitative estimate of drug-likeness (QED) is 0.667. The highest BCUT2D eigenvalue weighted by Crippen LogP contribution is 2.46. The van der Waals surface area contributed by atoms with Gasteiger partial charge in [0.1, 0.15) is 11.8 Å². The van der Waals surface area contributed by atoms with Crippen molar-refractivity contribution in [3.8, 4) is 0 Å². The van der Waals surface area contributed by atoms with Crippen LogP contribution in [0.3, 0.4) is 0 Å². The minimum Gasteiger partial charge on any atom is -0.481 e. The summed E-state index contributed by atoms with van der Waals surface area (Å²) in [6, 6.07) is 5.76. The summed E-state index contributed by atoms with van der Waals surface area (Å²) >= 11 is 1.54. The van der Waals surface area contributed by atoms with Gasteiger partial charge in [0.15, 0.2) is 5.82 Å². The molecule has 3 heterocycles. The molecule has 1 amide bonds. The third-order valence-electron chi connectivity index (χ3n) is 6.19. The second kappa shape index (κ2) is 9.87. The average molecular weight is 457 g/mol. The highest BCUT2D eigenvalue weighted by molar-refractivity contribution is 7.99. The van der Waals surface area contributed by atoms with Gasteiger partial charge in [0, 0.05) is 43.1 Å². The molecule has 0 spiro atoms. The molecule has 1 saturated heterocycles. The number of ether oxygens (including phenoxy) is 1. The molecule has 1 unspecified atom stereocenters. The van der Waals surface area contributed by atoms with Crippen molar-refractivity contribution >= 4 is 35.1 Å². The number of methoxy groups -OCH3 is 1. The van der Waals surface area contributed by atoms with Crippen LogP contribution in [-0.2, 0) is 9.53 Å². The van der Waals surface area contributed by atoms with E-state index in [2.05, 4.69) is 9.97 Å². The Bertz CT molecular complexity index is 994. The third-order valence-corrected chi connectivity index (χ3v) is 7.24. The van der Waals surface area contributed by atoms with Gasteiger partial charge < -0.3 is 14.7 Å². The van der Waals surface area contributed by atoms with Gasteiger partial charge in [-0.2, -0.15) is 0 Å². The van der Waals surface area contributed by atoms with Gasteiger partial charge in [-0.3, -0.25) is 14.5 Å². The first-order chi connectivity index (χ1) is 15.5. The molecule has 32 heavy (non-hydrogen) atoms. The van der Waals surface area contributed by atoms with E-state index in [1.54, 1.807) is 38.2 Å². The zero-order chi connectivity index (χ0) is 22.7. The second-order valence-electron chi connectivity index (χ2n) is 8.37. The Labute approximate surface area is 192 Å². The molecule has 2 aliphatic rings. The van der Waals surface area contributed by atoms with E-state index in [1.165, 1.54) is 0 Å². The molecule has 8 nitrogen and oxygen atoms in total. The number of likely N-dealkylation sites (tertiary alicyclic amines) is 1. The second-order valence-corrected chi connectivity index (χ2v) is 9.40. The molecule has 0 radical (unpaired) electrons. The summed E-state index contributed by atoms with van der Waals surface area (Å²) in [6.07, 6.45) is 6.75. The summed E-state index contributed by atoms with van der Waals surface area (Å²) in [5, 5.41) is 9.89. The van der Waals surface area contributed by atoms with Gasteiger partial charge in [-0.1, -0.05) is 18.7 Å². The standard InChI is InChI=1S/C23H28N4O4S/c1-15(23(29)30)3-4-16-7-11-26(12-8-16)22(28)17-5-6-19-18(13-17)27(14-31-2)20-21(32-19)25-10-9-24-20/h5-6,9-10,13,15-16H,3-4,7-8,11-12,14H2,1-2H3,(H,29,30). The van der Waals surface area contributed by atoms with E-state index in [-0.39, 0.29) is 11.8 Å². The SMILES string of the molecule is COCN1c2cc(C(=O)N3CCC(CCC(C)C(=O)O)CC3)ccc2Sc2nccnc21. The number of carbonyl (C=O) groups excluding carboxylic acids is 1. The number of piperidine rings is 1. The normalized spacial score (nSPS) is 16.9. The van der Waals surface area contributed by atoms with Gasteiger partial charge in [-0.05, 0) is 49.8 Å². The molecular weight excluding hydrogens is 428 g/mol. The van der Waals surface area contributed by atoms with E-state index in [4.69, 9.17) is 9.84 Å². The fourth-order valence-corrected chi connectivity index (χ4v) is 5.20. The number of benzene rings is 1. The lowest BCUT2D eigenvalue weighted by Crippen LogP contribution is -2.38. The van der Waals surface area contributed by atoms with Crippen molar-refractivity contribution in [2.45, 2.75) is 42.5 Å². The van der Waals surface area contributed by atoms with E-state index in [9.17, 15) is 9.59 Å². The summed E-state index contributed by atoms with van der Waals surface area (Å²) in [7, 11) is 1.63. The van der Waals surface area contributed by atoms with Gasteiger partial charge in [-0.15, -0.1) is 0 Å². The van der Waals surface area contributed by atoms with Crippen molar-refractivity contribution in [1.29, 1.82) is 0 Å². The fourth-order valence-electron chi connectivity index (χ4n) is 4.22. The summed E-state index contributed by atoms with van der Waals surface area (Å²) in [4.78, 5) is 38.0. The Morgan fingerprint density at radius 1 is 1.25 bits per heavy atom. The van der Waals surface area contributed by atoms with Crippen molar-refractivity contribution < 1.29 is 19.4 Å². The fraction of sp³-hybridized carbons (Fsp3) is 0.478. The van der Waals surface area contributed by atoms with Crippen molar-refractivity contribution in [2.75, 3.05) is 31.8 Å². The van der Waals surface area contributed by atoms with Gasteiger partial charge in [-0.25, -0.2) is 9.97 Å². The molecule has 1 N–H and O–H groups in total. The monoisotopic (exact) mass is 456 g/mol. The number of anilines is 2. The summed E-state index contributed by atoms with van der Waals surface area (Å²) in [5.41, 5.74) is 1.55.